The van der Waals surface area contributed by atoms with Crippen LogP contribution in [0, 0.1) is 5.21 Å². The van der Waals surface area contributed by atoms with Crippen LogP contribution in [0.25, 0.3) is 0 Å². The van der Waals surface area contributed by atoms with Gasteiger partial charge in [0.25, 0.3) is 11.8 Å². The summed E-state index contributed by atoms with van der Waals surface area (Å²) in [6.07, 6.45) is 0. The number of carbonyl (C=O) groups excluding carboxylic acids is 3. The van der Waals surface area contributed by atoms with Gasteiger partial charge in [0.1, 0.15) is 0 Å². The summed E-state index contributed by atoms with van der Waals surface area (Å²) < 4.78 is 0. The van der Waals surface area contributed by atoms with E-state index in [0.29, 0.717) is 10.1 Å². The van der Waals surface area contributed by atoms with Gasteiger partial charge in [-0.25, -0.2) is 0 Å². The molecule has 1 heterocycles. The molecule has 1 saturated heterocycles. The number of hydrogen-bond donors (Lipinski definition) is 0. The van der Waals surface area contributed by atoms with E-state index in [0.717, 1.165) is 13.8 Å². The zero-order valence-electron chi connectivity index (χ0n) is 8.05. The fourth-order valence-electron chi connectivity index (χ4n) is 1.19. The summed E-state index contributed by atoms with van der Waals surface area (Å²) in [5.74, 6) is -2.02. The molecular formula is C7H10N3O4-. The third kappa shape index (κ3) is 1.36. The average Bonchev–Trinajstić information content (AvgIpc) is 2.29. The molecule has 1 aliphatic rings. The fraction of sp³-hybridized carbons (Fsp3) is 0.571. The Morgan fingerprint density at radius 1 is 1.29 bits per heavy atom. The highest BCUT2D eigenvalue weighted by Crippen LogP contribution is 2.19. The Kier molecular flexibility index (Phi) is 2.54. The monoisotopic (exact) mass is 200 g/mol. The summed E-state index contributed by atoms with van der Waals surface area (Å²) in [6.45, 7) is 3.54. The maximum absolute atomic E-state index is 11.3. The first-order chi connectivity index (χ1) is 6.37. The van der Waals surface area contributed by atoms with Gasteiger partial charge in [-0.15, -0.1) is 0 Å². The summed E-state index contributed by atoms with van der Waals surface area (Å²) in [6, 6.07) is -1.04. The van der Waals surface area contributed by atoms with Gasteiger partial charge in [0.15, 0.2) is 0 Å². The maximum Gasteiger partial charge on any atom is 0.267 e. The molecule has 0 spiro atoms. The van der Waals surface area contributed by atoms with E-state index >= 15 is 0 Å². The first-order valence-corrected chi connectivity index (χ1v) is 3.99. The summed E-state index contributed by atoms with van der Waals surface area (Å²) in [5.41, 5.74) is 0. The predicted molar refractivity (Wildman–Crippen MR) is 44.7 cm³/mol. The van der Waals surface area contributed by atoms with Crippen molar-refractivity contribution in [3.05, 3.63) is 5.21 Å². The van der Waals surface area contributed by atoms with E-state index in [1.54, 1.807) is 0 Å². The van der Waals surface area contributed by atoms with Crippen molar-refractivity contribution in [1.82, 2.24) is 15.3 Å². The van der Waals surface area contributed by atoms with E-state index < -0.39 is 23.8 Å². The molecule has 0 radical (unpaired) electrons. The van der Waals surface area contributed by atoms with Gasteiger partial charge in [0, 0.05) is 13.8 Å². The Morgan fingerprint density at radius 3 is 2.07 bits per heavy atom. The Hall–Kier alpha value is -1.47. The Bertz CT molecular complexity index is 303. The Labute approximate surface area is 80.4 Å². The van der Waals surface area contributed by atoms with Crippen molar-refractivity contribution in [2.24, 2.45) is 0 Å². The molecular weight excluding hydrogens is 190 g/mol. The third-order valence-electron chi connectivity index (χ3n) is 1.85. The Morgan fingerprint density at radius 2 is 1.79 bits per heavy atom. The molecule has 7 heteroatoms. The highest BCUT2D eigenvalue weighted by atomic mass is 16.6. The molecule has 1 fully saturated rings. The van der Waals surface area contributed by atoms with Crippen LogP contribution in [0.2, 0.25) is 0 Å². The summed E-state index contributed by atoms with van der Waals surface area (Å²) in [4.78, 5) is 33.4. The third-order valence-corrected chi connectivity index (χ3v) is 1.85. The molecule has 1 unspecified atom stereocenters. The number of hydroxylamine groups is 1. The number of hydrazine groups is 2. The van der Waals surface area contributed by atoms with Crippen molar-refractivity contribution in [2.45, 2.75) is 26.8 Å². The molecule has 7 nitrogen and oxygen atoms in total. The van der Waals surface area contributed by atoms with Gasteiger partial charge in [-0.2, -0.15) is 10.1 Å². The van der Waals surface area contributed by atoms with Crippen LogP contribution in [0.15, 0.2) is 0 Å². The van der Waals surface area contributed by atoms with E-state index in [2.05, 4.69) is 0 Å². The second-order valence-corrected chi connectivity index (χ2v) is 2.96. The normalized spacial score (nSPS) is 23.1. The summed E-state index contributed by atoms with van der Waals surface area (Å²) in [5, 5.41) is 12.5. The first-order valence-electron chi connectivity index (χ1n) is 3.99. The van der Waals surface area contributed by atoms with Crippen molar-refractivity contribution in [3.8, 4) is 0 Å². The van der Waals surface area contributed by atoms with Gasteiger partial charge in [-0.05, 0) is 6.92 Å². The first kappa shape index (κ1) is 10.6. The van der Waals surface area contributed by atoms with E-state index in [9.17, 15) is 19.6 Å². The van der Waals surface area contributed by atoms with Gasteiger partial charge in [0.05, 0.1) is 6.04 Å². The summed E-state index contributed by atoms with van der Waals surface area (Å²) in [7, 11) is 0. The SMILES string of the molecule is CC(=O)N1C(=O)C(C)N([O-])N1C(C)=O. The van der Waals surface area contributed by atoms with E-state index in [-0.39, 0.29) is 5.17 Å². The van der Waals surface area contributed by atoms with Crippen molar-refractivity contribution >= 4 is 17.7 Å². The van der Waals surface area contributed by atoms with Crippen LogP contribution >= 0.6 is 0 Å². The maximum atomic E-state index is 11.3. The molecule has 0 saturated carbocycles. The van der Waals surface area contributed by atoms with E-state index in [1.807, 2.05) is 0 Å². The van der Waals surface area contributed by atoms with Crippen LogP contribution in [0.5, 0.6) is 0 Å². The van der Waals surface area contributed by atoms with Crippen molar-refractivity contribution in [1.29, 1.82) is 0 Å². The minimum absolute atomic E-state index is 0.187. The predicted octanol–water partition coefficient (Wildman–Crippen LogP) is -0.758. The fourth-order valence-corrected chi connectivity index (χ4v) is 1.19. The number of carbonyl (C=O) groups is 3. The van der Waals surface area contributed by atoms with E-state index in [1.165, 1.54) is 6.92 Å². The number of nitrogens with zero attached hydrogens (tertiary/aromatic N) is 3. The van der Waals surface area contributed by atoms with Gasteiger partial charge >= 0.3 is 0 Å². The molecule has 0 aromatic heterocycles. The second-order valence-electron chi connectivity index (χ2n) is 2.96. The molecule has 1 rings (SSSR count). The van der Waals surface area contributed by atoms with Crippen LogP contribution in [0.4, 0.5) is 0 Å². The van der Waals surface area contributed by atoms with Crippen molar-refractivity contribution in [2.75, 3.05) is 0 Å². The highest BCUT2D eigenvalue weighted by Gasteiger charge is 2.41. The lowest BCUT2D eigenvalue weighted by Gasteiger charge is -2.35. The standard InChI is InChI=1S/C7H10N3O4/c1-4-7(13)8(5(2)11)9(6(3)12)10(4)14/h4H,1-3H3/q-1. The van der Waals surface area contributed by atoms with Gasteiger partial charge in [-0.1, -0.05) is 0 Å². The molecule has 3 amide bonds. The molecule has 1 aliphatic heterocycles. The molecule has 0 bridgehead atoms. The number of imide groups is 1. The van der Waals surface area contributed by atoms with Crippen LogP contribution in [-0.4, -0.2) is 39.1 Å². The van der Waals surface area contributed by atoms with Crippen LogP contribution in [-0.2, 0) is 14.4 Å². The lowest BCUT2D eigenvalue weighted by atomic mass is 10.3. The van der Waals surface area contributed by atoms with Gasteiger partial charge < -0.3 is 5.21 Å². The van der Waals surface area contributed by atoms with Crippen LogP contribution < -0.4 is 0 Å². The molecule has 0 aromatic rings. The minimum atomic E-state index is -1.04. The van der Waals surface area contributed by atoms with Gasteiger partial charge in [0.2, 0.25) is 5.91 Å². The molecule has 78 valence electrons. The van der Waals surface area contributed by atoms with Gasteiger partial charge in [-0.3, -0.25) is 19.6 Å². The van der Waals surface area contributed by atoms with Crippen molar-refractivity contribution < 1.29 is 14.4 Å². The Balaban J connectivity index is 3.07. The van der Waals surface area contributed by atoms with E-state index in [4.69, 9.17) is 0 Å². The zero-order valence-corrected chi connectivity index (χ0v) is 8.05. The highest BCUT2D eigenvalue weighted by molar-refractivity contribution is 6.00. The van der Waals surface area contributed by atoms with Crippen LogP contribution in [0.1, 0.15) is 20.8 Å². The molecule has 14 heavy (non-hydrogen) atoms. The van der Waals surface area contributed by atoms with Crippen molar-refractivity contribution in [3.63, 3.8) is 0 Å². The lowest BCUT2D eigenvalue weighted by Crippen LogP contribution is -2.48. The number of amides is 3. The summed E-state index contributed by atoms with van der Waals surface area (Å²) >= 11 is 0. The number of hydrogen-bond acceptors (Lipinski definition) is 5. The van der Waals surface area contributed by atoms with Crippen LogP contribution in [0.3, 0.4) is 0 Å². The topological polar surface area (TPSA) is 84.0 Å². The smallest absolute Gasteiger partial charge is 0.267 e. The molecule has 0 aliphatic carbocycles. The molecule has 1 atom stereocenters. The minimum Gasteiger partial charge on any atom is -0.765 e. The average molecular weight is 200 g/mol. The molecule has 0 aromatic carbocycles. The largest absolute Gasteiger partial charge is 0.765 e. The second kappa shape index (κ2) is 3.35. The zero-order chi connectivity index (χ0) is 11.0. The lowest BCUT2D eigenvalue weighted by molar-refractivity contribution is -0.178. The molecule has 0 N–H and O–H groups in total. The quantitative estimate of drug-likeness (QED) is 0.513. The number of rotatable bonds is 0.